The second kappa shape index (κ2) is 5.06. The molecule has 2 nitrogen and oxygen atoms in total. The van der Waals surface area contributed by atoms with Gasteiger partial charge in [0.1, 0.15) is 5.82 Å². The normalized spacial score (nSPS) is 18.6. The van der Waals surface area contributed by atoms with Gasteiger partial charge in [0.15, 0.2) is 11.6 Å². The van der Waals surface area contributed by atoms with E-state index in [1.165, 1.54) is 0 Å². The summed E-state index contributed by atoms with van der Waals surface area (Å²) in [5.74, 6) is -2.92. The number of nitrogens with zero attached hydrogens (tertiary/aromatic N) is 1. The summed E-state index contributed by atoms with van der Waals surface area (Å²) in [5, 5.41) is 0. The molecule has 17 heavy (non-hydrogen) atoms. The average molecular weight is 244 g/mol. The summed E-state index contributed by atoms with van der Waals surface area (Å²) in [7, 11) is 0. The van der Waals surface area contributed by atoms with Crippen molar-refractivity contribution in [1.29, 1.82) is 0 Å². The smallest absolute Gasteiger partial charge is 0.161 e. The molecule has 0 spiro atoms. The van der Waals surface area contributed by atoms with Crippen LogP contribution in [0.25, 0.3) is 0 Å². The molecule has 1 aliphatic heterocycles. The Morgan fingerprint density at radius 2 is 1.65 bits per heavy atom. The maximum absolute atomic E-state index is 13.6. The quantitative estimate of drug-likeness (QED) is 0.826. The van der Waals surface area contributed by atoms with Crippen molar-refractivity contribution in [1.82, 2.24) is 4.90 Å². The summed E-state index contributed by atoms with van der Waals surface area (Å²) in [4.78, 5) is 2.01. The first-order valence-corrected chi connectivity index (χ1v) is 5.72. The SMILES string of the molecule is NCC(c1cc(F)c(F)cc1F)N1CCCC1. The Kier molecular flexibility index (Phi) is 3.69. The molecule has 1 atom stereocenters. The Labute approximate surface area is 98.2 Å². The van der Waals surface area contributed by atoms with E-state index in [1.807, 2.05) is 4.90 Å². The van der Waals surface area contributed by atoms with E-state index in [-0.39, 0.29) is 18.2 Å². The highest BCUT2D eigenvalue weighted by atomic mass is 19.2. The van der Waals surface area contributed by atoms with E-state index in [0.29, 0.717) is 6.07 Å². The van der Waals surface area contributed by atoms with E-state index in [9.17, 15) is 13.2 Å². The largest absolute Gasteiger partial charge is 0.329 e. The molecule has 1 saturated heterocycles. The Bertz CT molecular complexity index is 403. The highest BCUT2D eigenvalue weighted by molar-refractivity contribution is 5.24. The van der Waals surface area contributed by atoms with E-state index in [1.54, 1.807) is 0 Å². The van der Waals surface area contributed by atoms with Gasteiger partial charge in [-0.15, -0.1) is 0 Å². The molecule has 1 unspecified atom stereocenters. The van der Waals surface area contributed by atoms with Gasteiger partial charge >= 0.3 is 0 Å². The zero-order valence-corrected chi connectivity index (χ0v) is 9.43. The number of halogens is 3. The molecule has 0 radical (unpaired) electrons. The molecule has 1 aromatic carbocycles. The van der Waals surface area contributed by atoms with Crippen molar-refractivity contribution < 1.29 is 13.2 Å². The minimum Gasteiger partial charge on any atom is -0.329 e. The highest BCUT2D eigenvalue weighted by Crippen LogP contribution is 2.27. The fourth-order valence-corrected chi connectivity index (χ4v) is 2.32. The first-order chi connectivity index (χ1) is 8.13. The summed E-state index contributed by atoms with van der Waals surface area (Å²) >= 11 is 0. The lowest BCUT2D eigenvalue weighted by Crippen LogP contribution is -2.32. The lowest BCUT2D eigenvalue weighted by atomic mass is 10.0. The van der Waals surface area contributed by atoms with E-state index < -0.39 is 17.5 Å². The predicted molar refractivity (Wildman–Crippen MR) is 58.9 cm³/mol. The third kappa shape index (κ3) is 2.45. The molecule has 1 aliphatic rings. The Balaban J connectivity index is 2.32. The van der Waals surface area contributed by atoms with Crippen molar-refractivity contribution in [2.45, 2.75) is 18.9 Å². The van der Waals surface area contributed by atoms with Crippen LogP contribution in [0, 0.1) is 17.5 Å². The topological polar surface area (TPSA) is 29.3 Å². The maximum Gasteiger partial charge on any atom is 0.161 e. The molecule has 0 bridgehead atoms. The summed E-state index contributed by atoms with van der Waals surface area (Å²) in [6.07, 6.45) is 2.06. The van der Waals surface area contributed by atoms with Gasteiger partial charge in [-0.25, -0.2) is 13.2 Å². The number of benzene rings is 1. The fourth-order valence-electron chi connectivity index (χ4n) is 2.32. The number of rotatable bonds is 3. The molecule has 1 heterocycles. The summed E-state index contributed by atoms with van der Waals surface area (Å²) < 4.78 is 39.6. The van der Waals surface area contributed by atoms with Crippen molar-refractivity contribution in [3.63, 3.8) is 0 Å². The van der Waals surface area contributed by atoms with Crippen molar-refractivity contribution in [3.05, 3.63) is 35.1 Å². The highest BCUT2D eigenvalue weighted by Gasteiger charge is 2.25. The van der Waals surface area contributed by atoms with Gasteiger partial charge in [-0.2, -0.15) is 0 Å². The van der Waals surface area contributed by atoms with Crippen LogP contribution in [0.4, 0.5) is 13.2 Å². The molecular weight excluding hydrogens is 229 g/mol. The number of hydrogen-bond donors (Lipinski definition) is 1. The van der Waals surface area contributed by atoms with Crippen LogP contribution in [0.3, 0.4) is 0 Å². The first kappa shape index (κ1) is 12.4. The summed E-state index contributed by atoms with van der Waals surface area (Å²) in [6.45, 7) is 1.84. The third-order valence-electron chi connectivity index (χ3n) is 3.20. The van der Waals surface area contributed by atoms with Crippen LogP contribution in [-0.2, 0) is 0 Å². The number of likely N-dealkylation sites (tertiary alicyclic amines) is 1. The van der Waals surface area contributed by atoms with Crippen LogP contribution in [-0.4, -0.2) is 24.5 Å². The third-order valence-corrected chi connectivity index (χ3v) is 3.20. The Morgan fingerprint density at radius 3 is 2.24 bits per heavy atom. The van der Waals surface area contributed by atoms with Gasteiger partial charge in [-0.1, -0.05) is 0 Å². The molecule has 5 heteroatoms. The summed E-state index contributed by atoms with van der Waals surface area (Å²) in [6, 6.07) is 1.14. The van der Waals surface area contributed by atoms with Crippen LogP contribution in [0.2, 0.25) is 0 Å². The van der Waals surface area contributed by atoms with Crippen LogP contribution in [0.15, 0.2) is 12.1 Å². The maximum atomic E-state index is 13.6. The minimum absolute atomic E-state index is 0.147. The molecule has 1 fully saturated rings. The van der Waals surface area contributed by atoms with Gasteiger partial charge in [0.25, 0.3) is 0 Å². The van der Waals surface area contributed by atoms with E-state index in [4.69, 9.17) is 5.73 Å². The molecule has 2 rings (SSSR count). The second-order valence-corrected chi connectivity index (χ2v) is 4.28. The Morgan fingerprint density at radius 1 is 1.06 bits per heavy atom. The van der Waals surface area contributed by atoms with Crippen LogP contribution >= 0.6 is 0 Å². The average Bonchev–Trinajstić information content (AvgIpc) is 2.80. The lowest BCUT2D eigenvalue weighted by molar-refractivity contribution is 0.245. The van der Waals surface area contributed by atoms with E-state index in [2.05, 4.69) is 0 Å². The molecule has 94 valence electrons. The van der Waals surface area contributed by atoms with Crippen molar-refractivity contribution in [3.8, 4) is 0 Å². The zero-order valence-electron chi connectivity index (χ0n) is 9.43. The van der Waals surface area contributed by atoms with Gasteiger partial charge in [0, 0.05) is 18.2 Å². The van der Waals surface area contributed by atoms with Crippen LogP contribution in [0.5, 0.6) is 0 Å². The number of hydrogen-bond acceptors (Lipinski definition) is 2. The molecular formula is C12H15F3N2. The van der Waals surface area contributed by atoms with Gasteiger partial charge in [-0.05, 0) is 32.0 Å². The van der Waals surface area contributed by atoms with Gasteiger partial charge in [0.2, 0.25) is 0 Å². The van der Waals surface area contributed by atoms with Gasteiger partial charge < -0.3 is 5.73 Å². The van der Waals surface area contributed by atoms with Crippen molar-refractivity contribution in [2.24, 2.45) is 5.73 Å². The predicted octanol–water partition coefficient (Wildman–Crippen LogP) is 2.20. The van der Waals surface area contributed by atoms with Crippen molar-refractivity contribution >= 4 is 0 Å². The summed E-state index contributed by atoms with van der Waals surface area (Å²) in [5.41, 5.74) is 5.76. The van der Waals surface area contributed by atoms with Crippen LogP contribution < -0.4 is 5.73 Å². The lowest BCUT2D eigenvalue weighted by Gasteiger charge is -2.26. The van der Waals surface area contributed by atoms with Crippen molar-refractivity contribution in [2.75, 3.05) is 19.6 Å². The van der Waals surface area contributed by atoms with Gasteiger partial charge in [0.05, 0.1) is 6.04 Å². The van der Waals surface area contributed by atoms with E-state index in [0.717, 1.165) is 32.0 Å². The van der Waals surface area contributed by atoms with Crippen LogP contribution in [0.1, 0.15) is 24.4 Å². The van der Waals surface area contributed by atoms with Gasteiger partial charge in [-0.3, -0.25) is 4.90 Å². The molecule has 1 aromatic rings. The number of nitrogens with two attached hydrogens (primary N) is 1. The molecule has 0 aromatic heterocycles. The fraction of sp³-hybridized carbons (Fsp3) is 0.500. The molecule has 0 aliphatic carbocycles. The molecule has 2 N–H and O–H groups in total. The second-order valence-electron chi connectivity index (χ2n) is 4.28. The Hall–Kier alpha value is -1.07. The first-order valence-electron chi connectivity index (χ1n) is 5.72. The molecule has 0 amide bonds. The monoisotopic (exact) mass is 244 g/mol. The minimum atomic E-state index is -1.16. The zero-order chi connectivity index (χ0) is 12.4. The van der Waals surface area contributed by atoms with E-state index >= 15 is 0 Å². The standard InChI is InChI=1S/C12H15F3N2/c13-9-6-11(15)10(14)5-8(9)12(7-16)17-3-1-2-4-17/h5-6,12H,1-4,7,16H2. The molecule has 0 saturated carbocycles.